The van der Waals surface area contributed by atoms with Crippen molar-refractivity contribution in [3.63, 3.8) is 0 Å². The molecule has 5 heteroatoms. The van der Waals surface area contributed by atoms with E-state index in [2.05, 4.69) is 12.6 Å². The van der Waals surface area contributed by atoms with Gasteiger partial charge in [-0.25, -0.2) is 0 Å². The summed E-state index contributed by atoms with van der Waals surface area (Å²) in [6.07, 6.45) is 2.19. The standard InChI is InChI=1S/C21H21ClN2O2/c1-3-20(25)23(2)19-9-7-15(8-10-19)21(26)24-12-11-17(14-24)16-5-4-6-18(22)13-16/h3-10,13,17H,1,11-12,14H2,2H3. The van der Waals surface area contributed by atoms with Crippen LogP contribution in [0.3, 0.4) is 0 Å². The van der Waals surface area contributed by atoms with Crippen molar-refractivity contribution >= 4 is 29.1 Å². The molecule has 0 aromatic heterocycles. The van der Waals surface area contributed by atoms with Crippen LogP contribution in [0.4, 0.5) is 5.69 Å². The van der Waals surface area contributed by atoms with Gasteiger partial charge in [-0.2, -0.15) is 0 Å². The maximum absolute atomic E-state index is 12.8. The van der Waals surface area contributed by atoms with E-state index >= 15 is 0 Å². The largest absolute Gasteiger partial charge is 0.338 e. The molecule has 0 bridgehead atoms. The van der Waals surface area contributed by atoms with Crippen molar-refractivity contribution in [2.45, 2.75) is 12.3 Å². The highest BCUT2D eigenvalue weighted by atomic mass is 35.5. The molecule has 0 spiro atoms. The minimum Gasteiger partial charge on any atom is -0.338 e. The number of benzene rings is 2. The molecule has 134 valence electrons. The number of nitrogens with zero attached hydrogens (tertiary/aromatic N) is 2. The Morgan fingerprint density at radius 2 is 1.96 bits per heavy atom. The second kappa shape index (κ2) is 7.75. The number of halogens is 1. The van der Waals surface area contributed by atoms with Gasteiger partial charge >= 0.3 is 0 Å². The second-order valence-corrected chi connectivity index (χ2v) is 6.88. The van der Waals surface area contributed by atoms with Crippen LogP contribution in [0.25, 0.3) is 0 Å². The predicted octanol–water partition coefficient (Wildman–Crippen LogP) is 4.12. The molecule has 1 saturated heterocycles. The first-order valence-electron chi connectivity index (χ1n) is 8.54. The van der Waals surface area contributed by atoms with Gasteiger partial charge in [0.25, 0.3) is 5.91 Å². The van der Waals surface area contributed by atoms with Crippen LogP contribution in [-0.4, -0.2) is 36.9 Å². The molecule has 2 aromatic rings. The molecule has 0 N–H and O–H groups in total. The first kappa shape index (κ1) is 18.2. The molecule has 1 fully saturated rings. The van der Waals surface area contributed by atoms with E-state index in [0.717, 1.165) is 23.7 Å². The predicted molar refractivity (Wildman–Crippen MR) is 105 cm³/mol. The fourth-order valence-electron chi connectivity index (χ4n) is 3.25. The molecule has 1 aliphatic rings. The molecular formula is C21H21ClN2O2. The monoisotopic (exact) mass is 368 g/mol. The van der Waals surface area contributed by atoms with Crippen molar-refractivity contribution in [2.24, 2.45) is 0 Å². The highest BCUT2D eigenvalue weighted by molar-refractivity contribution is 6.30. The smallest absolute Gasteiger partial charge is 0.253 e. The van der Waals surface area contributed by atoms with E-state index < -0.39 is 0 Å². The van der Waals surface area contributed by atoms with Gasteiger partial charge in [0.05, 0.1) is 0 Å². The van der Waals surface area contributed by atoms with Crippen LogP contribution in [0.1, 0.15) is 28.3 Å². The van der Waals surface area contributed by atoms with E-state index in [1.165, 1.54) is 16.5 Å². The molecular weight excluding hydrogens is 348 g/mol. The second-order valence-electron chi connectivity index (χ2n) is 6.44. The quantitative estimate of drug-likeness (QED) is 0.762. The van der Waals surface area contributed by atoms with E-state index in [0.29, 0.717) is 18.0 Å². The number of amides is 2. The minimum absolute atomic E-state index is 0.0128. The highest BCUT2D eigenvalue weighted by Crippen LogP contribution is 2.29. The summed E-state index contributed by atoms with van der Waals surface area (Å²) in [6.45, 7) is 4.90. The zero-order valence-corrected chi connectivity index (χ0v) is 15.4. The number of likely N-dealkylation sites (tertiary alicyclic amines) is 1. The molecule has 2 aromatic carbocycles. The highest BCUT2D eigenvalue weighted by Gasteiger charge is 2.28. The van der Waals surface area contributed by atoms with Crippen LogP contribution in [0.5, 0.6) is 0 Å². The maximum atomic E-state index is 12.8. The zero-order chi connectivity index (χ0) is 18.7. The number of carbonyl (C=O) groups excluding carboxylic acids is 2. The Bertz CT molecular complexity index is 832. The summed E-state index contributed by atoms with van der Waals surface area (Å²) in [5, 5.41) is 0.723. The van der Waals surface area contributed by atoms with E-state index in [1.807, 2.05) is 23.1 Å². The molecule has 2 amide bonds. The molecule has 3 rings (SSSR count). The van der Waals surface area contributed by atoms with Gasteiger partial charge in [-0.3, -0.25) is 9.59 Å². The maximum Gasteiger partial charge on any atom is 0.253 e. The van der Waals surface area contributed by atoms with Crippen LogP contribution in [-0.2, 0) is 4.79 Å². The summed E-state index contributed by atoms with van der Waals surface area (Å²) in [5.74, 6) is 0.139. The third-order valence-corrected chi connectivity index (χ3v) is 5.04. The van der Waals surface area contributed by atoms with Gasteiger partial charge in [-0.05, 0) is 54.5 Å². The van der Waals surface area contributed by atoms with E-state index in [1.54, 1.807) is 31.3 Å². The fraction of sp³-hybridized carbons (Fsp3) is 0.238. The van der Waals surface area contributed by atoms with E-state index in [-0.39, 0.29) is 11.8 Å². The topological polar surface area (TPSA) is 40.6 Å². The number of rotatable bonds is 4. The van der Waals surface area contributed by atoms with E-state index in [4.69, 9.17) is 11.6 Å². The van der Waals surface area contributed by atoms with Crippen LogP contribution < -0.4 is 4.90 Å². The van der Waals surface area contributed by atoms with Gasteiger partial charge < -0.3 is 9.80 Å². The van der Waals surface area contributed by atoms with Crippen LogP contribution in [0, 0.1) is 0 Å². The van der Waals surface area contributed by atoms with Crippen molar-refractivity contribution < 1.29 is 9.59 Å². The Morgan fingerprint density at radius 1 is 1.23 bits per heavy atom. The van der Waals surface area contributed by atoms with Crippen molar-refractivity contribution in [1.29, 1.82) is 0 Å². The van der Waals surface area contributed by atoms with Gasteiger partial charge in [0.2, 0.25) is 5.91 Å². The lowest BCUT2D eigenvalue weighted by Gasteiger charge is -2.18. The van der Waals surface area contributed by atoms with Gasteiger partial charge in [-0.1, -0.05) is 30.3 Å². The average Bonchev–Trinajstić information content (AvgIpc) is 3.16. The summed E-state index contributed by atoms with van der Waals surface area (Å²) in [5.41, 5.74) is 2.53. The average molecular weight is 369 g/mol. The summed E-state index contributed by atoms with van der Waals surface area (Å²) >= 11 is 6.08. The molecule has 26 heavy (non-hydrogen) atoms. The van der Waals surface area contributed by atoms with Crippen molar-refractivity contribution in [1.82, 2.24) is 4.90 Å². The third-order valence-electron chi connectivity index (χ3n) is 4.80. The summed E-state index contributed by atoms with van der Waals surface area (Å²) < 4.78 is 0. The minimum atomic E-state index is -0.187. The Balaban J connectivity index is 1.68. The fourth-order valence-corrected chi connectivity index (χ4v) is 3.45. The first-order valence-corrected chi connectivity index (χ1v) is 8.92. The van der Waals surface area contributed by atoms with E-state index in [9.17, 15) is 9.59 Å². The summed E-state index contributed by atoms with van der Waals surface area (Å²) in [7, 11) is 1.68. The normalized spacial score (nSPS) is 16.4. The number of likely N-dealkylation sites (N-methyl/N-ethyl adjacent to an activating group) is 1. The Morgan fingerprint density at radius 3 is 2.62 bits per heavy atom. The van der Waals surface area contributed by atoms with Crippen LogP contribution in [0.15, 0.2) is 61.2 Å². The number of hydrogen-bond donors (Lipinski definition) is 0. The number of hydrogen-bond acceptors (Lipinski definition) is 2. The molecule has 0 aliphatic carbocycles. The SMILES string of the molecule is C=CC(=O)N(C)c1ccc(C(=O)N2CCC(c3cccc(Cl)c3)C2)cc1. The number of anilines is 1. The van der Waals surface area contributed by atoms with Crippen LogP contribution >= 0.6 is 11.6 Å². The molecule has 0 saturated carbocycles. The molecule has 1 heterocycles. The van der Waals surface area contributed by atoms with Gasteiger partial charge in [-0.15, -0.1) is 0 Å². The Hall–Kier alpha value is -2.59. The summed E-state index contributed by atoms with van der Waals surface area (Å²) in [4.78, 5) is 27.8. The number of carbonyl (C=O) groups is 2. The van der Waals surface area contributed by atoms with Crippen molar-refractivity contribution in [3.8, 4) is 0 Å². The lowest BCUT2D eigenvalue weighted by atomic mass is 9.99. The molecule has 1 aliphatic heterocycles. The van der Waals surface area contributed by atoms with Gasteiger partial charge in [0.1, 0.15) is 0 Å². The Kier molecular flexibility index (Phi) is 5.43. The first-order chi connectivity index (χ1) is 12.5. The van der Waals surface area contributed by atoms with Crippen LogP contribution in [0.2, 0.25) is 5.02 Å². The summed E-state index contributed by atoms with van der Waals surface area (Å²) in [6, 6.07) is 14.9. The lowest BCUT2D eigenvalue weighted by molar-refractivity contribution is -0.113. The molecule has 4 nitrogen and oxygen atoms in total. The molecule has 0 radical (unpaired) electrons. The molecule has 1 unspecified atom stereocenters. The van der Waals surface area contributed by atoms with Crippen molar-refractivity contribution in [3.05, 3.63) is 77.3 Å². The Labute approximate surface area is 158 Å². The third kappa shape index (κ3) is 3.81. The molecule has 1 atom stereocenters. The lowest BCUT2D eigenvalue weighted by Crippen LogP contribution is -2.28. The van der Waals surface area contributed by atoms with Gasteiger partial charge in [0, 0.05) is 42.3 Å². The van der Waals surface area contributed by atoms with Gasteiger partial charge in [0.15, 0.2) is 0 Å². The zero-order valence-electron chi connectivity index (χ0n) is 14.7. The van der Waals surface area contributed by atoms with Crippen molar-refractivity contribution in [2.75, 3.05) is 25.0 Å².